The van der Waals surface area contributed by atoms with E-state index >= 15 is 0 Å². The van der Waals surface area contributed by atoms with Crippen LogP contribution in [0.1, 0.15) is 16.9 Å². The quantitative estimate of drug-likeness (QED) is 0.626. The van der Waals surface area contributed by atoms with E-state index in [0.717, 1.165) is 11.1 Å². The summed E-state index contributed by atoms with van der Waals surface area (Å²) in [4.78, 5) is 27.8. The summed E-state index contributed by atoms with van der Waals surface area (Å²) >= 11 is 0. The van der Waals surface area contributed by atoms with Crippen LogP contribution in [-0.4, -0.2) is 44.9 Å². The number of hydrogen-bond acceptors (Lipinski definition) is 5. The van der Waals surface area contributed by atoms with Crippen LogP contribution in [0, 0.1) is 6.92 Å². The van der Waals surface area contributed by atoms with E-state index in [4.69, 9.17) is 4.52 Å². The molecule has 1 fully saturated rings. The molecule has 3 heterocycles. The third kappa shape index (κ3) is 3.46. The van der Waals surface area contributed by atoms with E-state index < -0.39 is 0 Å². The molecule has 0 bridgehead atoms. The van der Waals surface area contributed by atoms with Gasteiger partial charge in [0.25, 0.3) is 5.91 Å². The number of imide groups is 1. The number of anilines is 1. The molecule has 0 spiro atoms. The Labute approximate surface area is 156 Å². The van der Waals surface area contributed by atoms with Gasteiger partial charge >= 0.3 is 6.03 Å². The molecular formula is C19H19N5O3. The van der Waals surface area contributed by atoms with Crippen molar-refractivity contribution in [3.63, 3.8) is 0 Å². The summed E-state index contributed by atoms with van der Waals surface area (Å²) < 4.78 is 6.69. The number of carbonyl (C=O) groups is 2. The van der Waals surface area contributed by atoms with Crippen LogP contribution >= 0.6 is 0 Å². The number of amides is 3. The molecule has 8 heteroatoms. The maximum absolute atomic E-state index is 12.7. The normalized spacial score (nSPS) is 14.4. The van der Waals surface area contributed by atoms with Crippen LogP contribution in [0.5, 0.6) is 0 Å². The van der Waals surface area contributed by atoms with E-state index in [9.17, 15) is 9.59 Å². The van der Waals surface area contributed by atoms with Gasteiger partial charge in [-0.2, -0.15) is 5.10 Å². The fourth-order valence-electron chi connectivity index (χ4n) is 3.09. The molecule has 3 amide bonds. The fraction of sp³-hybridized carbons (Fsp3) is 0.263. The molecule has 0 unspecified atom stereocenters. The van der Waals surface area contributed by atoms with Crippen molar-refractivity contribution in [3.8, 4) is 0 Å². The zero-order chi connectivity index (χ0) is 18.8. The molecule has 0 radical (unpaired) electrons. The van der Waals surface area contributed by atoms with Crippen LogP contribution < -0.4 is 4.90 Å². The van der Waals surface area contributed by atoms with Gasteiger partial charge in [0.05, 0.1) is 24.6 Å². The Morgan fingerprint density at radius 1 is 1.15 bits per heavy atom. The lowest BCUT2D eigenvalue weighted by molar-refractivity contribution is -0.116. The number of aryl methyl sites for hydroxylation is 1. The lowest BCUT2D eigenvalue weighted by atomic mass is 10.1. The maximum Gasteiger partial charge on any atom is 0.331 e. The van der Waals surface area contributed by atoms with Crippen molar-refractivity contribution in [2.45, 2.75) is 19.9 Å². The number of nitrogens with zero attached hydrogens (tertiary/aromatic N) is 5. The van der Waals surface area contributed by atoms with Crippen molar-refractivity contribution >= 4 is 17.6 Å². The third-order valence-corrected chi connectivity index (χ3v) is 4.61. The number of benzene rings is 1. The van der Waals surface area contributed by atoms with Gasteiger partial charge in [-0.05, 0) is 18.9 Å². The van der Waals surface area contributed by atoms with E-state index in [1.165, 1.54) is 11.1 Å². The molecule has 1 aromatic carbocycles. The molecule has 1 saturated heterocycles. The van der Waals surface area contributed by atoms with E-state index in [0.29, 0.717) is 31.0 Å². The van der Waals surface area contributed by atoms with Gasteiger partial charge in [-0.25, -0.2) is 9.69 Å². The Bertz CT molecular complexity index is 963. The van der Waals surface area contributed by atoms with E-state index in [1.54, 1.807) is 22.0 Å². The minimum absolute atomic E-state index is 0.0849. The lowest BCUT2D eigenvalue weighted by Gasteiger charge is -2.15. The Hall–Kier alpha value is -3.42. The number of urea groups is 1. The summed E-state index contributed by atoms with van der Waals surface area (Å²) in [6, 6.07) is 9.59. The molecule has 0 atom stereocenters. The smallest absolute Gasteiger partial charge is 0.331 e. The average Bonchev–Trinajstić information content (AvgIpc) is 3.35. The Morgan fingerprint density at radius 3 is 2.70 bits per heavy atom. The molecule has 0 N–H and O–H groups in total. The Balaban J connectivity index is 1.44. The molecule has 27 heavy (non-hydrogen) atoms. The van der Waals surface area contributed by atoms with Crippen molar-refractivity contribution < 1.29 is 14.1 Å². The first-order valence-corrected chi connectivity index (χ1v) is 8.70. The minimum Gasteiger partial charge on any atom is -0.361 e. The topological polar surface area (TPSA) is 84.5 Å². The largest absolute Gasteiger partial charge is 0.361 e. The molecule has 3 aromatic rings. The average molecular weight is 365 g/mol. The Kier molecular flexibility index (Phi) is 4.45. The highest BCUT2D eigenvalue weighted by Crippen LogP contribution is 2.21. The predicted molar refractivity (Wildman–Crippen MR) is 97.2 cm³/mol. The second-order valence-corrected chi connectivity index (χ2v) is 6.47. The first-order valence-electron chi connectivity index (χ1n) is 8.70. The van der Waals surface area contributed by atoms with Gasteiger partial charge in [-0.15, -0.1) is 0 Å². The van der Waals surface area contributed by atoms with Crippen molar-refractivity contribution in [2.24, 2.45) is 0 Å². The third-order valence-electron chi connectivity index (χ3n) is 4.61. The van der Waals surface area contributed by atoms with Crippen molar-refractivity contribution in [3.05, 3.63) is 65.8 Å². The van der Waals surface area contributed by atoms with Gasteiger partial charge in [0.1, 0.15) is 12.3 Å². The summed E-state index contributed by atoms with van der Waals surface area (Å²) in [5.41, 5.74) is 2.50. The Morgan fingerprint density at radius 2 is 1.96 bits per heavy atom. The van der Waals surface area contributed by atoms with Gasteiger partial charge in [-0.3, -0.25) is 9.48 Å². The summed E-state index contributed by atoms with van der Waals surface area (Å²) in [6.45, 7) is 2.87. The minimum atomic E-state index is -0.309. The second-order valence-electron chi connectivity index (χ2n) is 6.47. The summed E-state index contributed by atoms with van der Waals surface area (Å²) in [6.07, 6.45) is 5.55. The van der Waals surface area contributed by atoms with Gasteiger partial charge in [0.2, 0.25) is 0 Å². The molecule has 0 saturated carbocycles. The first kappa shape index (κ1) is 17.0. The zero-order valence-electron chi connectivity index (χ0n) is 14.9. The zero-order valence-corrected chi connectivity index (χ0v) is 14.9. The highest BCUT2D eigenvalue weighted by Gasteiger charge is 2.37. The lowest BCUT2D eigenvalue weighted by Crippen LogP contribution is -2.33. The van der Waals surface area contributed by atoms with Gasteiger partial charge in [0.15, 0.2) is 0 Å². The number of rotatable bonds is 6. The molecular weight excluding hydrogens is 346 g/mol. The van der Waals surface area contributed by atoms with Crippen LogP contribution in [0.2, 0.25) is 0 Å². The van der Waals surface area contributed by atoms with Crippen LogP contribution in [0.15, 0.2) is 53.4 Å². The highest BCUT2D eigenvalue weighted by molar-refractivity contribution is 6.19. The van der Waals surface area contributed by atoms with Crippen molar-refractivity contribution in [1.82, 2.24) is 19.8 Å². The monoisotopic (exact) mass is 365 g/mol. The summed E-state index contributed by atoms with van der Waals surface area (Å²) in [5.74, 6) is 0.473. The standard InChI is InChI=1S/C19H19N5O3/c1-14-16(9-21-27-14)11-23-12-17(10-20-23)24-18(25)13-22(19(24)26)8-7-15-5-3-2-4-6-15/h2-6,9-10,12H,7-8,11,13H2,1H3. The summed E-state index contributed by atoms with van der Waals surface area (Å²) in [7, 11) is 0. The van der Waals surface area contributed by atoms with Crippen molar-refractivity contribution in [1.29, 1.82) is 0 Å². The second kappa shape index (κ2) is 7.06. The van der Waals surface area contributed by atoms with E-state index in [2.05, 4.69) is 10.3 Å². The van der Waals surface area contributed by atoms with Crippen LogP contribution in [0.3, 0.4) is 0 Å². The fourth-order valence-corrected chi connectivity index (χ4v) is 3.09. The molecule has 1 aliphatic rings. The molecule has 2 aromatic heterocycles. The summed E-state index contributed by atoms with van der Waals surface area (Å²) in [5, 5.41) is 7.99. The van der Waals surface area contributed by atoms with Crippen LogP contribution in [0.4, 0.5) is 10.5 Å². The van der Waals surface area contributed by atoms with Crippen molar-refractivity contribution in [2.75, 3.05) is 18.0 Å². The SMILES string of the molecule is Cc1oncc1Cn1cc(N2C(=O)CN(CCc3ccccc3)C2=O)cn1. The van der Waals surface area contributed by atoms with Gasteiger partial charge in [0, 0.05) is 18.3 Å². The van der Waals surface area contributed by atoms with Gasteiger partial charge in [-0.1, -0.05) is 35.5 Å². The molecule has 4 rings (SSSR count). The molecule has 0 aliphatic carbocycles. The number of carbonyl (C=O) groups excluding carboxylic acids is 2. The number of hydrogen-bond donors (Lipinski definition) is 0. The van der Waals surface area contributed by atoms with E-state index in [-0.39, 0.29) is 18.5 Å². The van der Waals surface area contributed by atoms with Crippen LogP contribution in [0.25, 0.3) is 0 Å². The predicted octanol–water partition coefficient (Wildman–Crippen LogP) is 2.24. The first-order chi connectivity index (χ1) is 13.1. The maximum atomic E-state index is 12.7. The van der Waals surface area contributed by atoms with E-state index in [1.807, 2.05) is 37.3 Å². The molecule has 138 valence electrons. The van der Waals surface area contributed by atoms with Gasteiger partial charge < -0.3 is 9.42 Å². The van der Waals surface area contributed by atoms with Crippen LogP contribution in [-0.2, 0) is 17.8 Å². The molecule has 1 aliphatic heterocycles. The highest BCUT2D eigenvalue weighted by atomic mass is 16.5. The number of aromatic nitrogens is 3. The molecule has 8 nitrogen and oxygen atoms in total.